The molecular weight excluding hydrogens is 431 g/mol. The zero-order valence-corrected chi connectivity index (χ0v) is 19.8. The van der Waals surface area contributed by atoms with E-state index >= 15 is 0 Å². The van der Waals surface area contributed by atoms with E-state index in [1.54, 1.807) is 21.6 Å². The Morgan fingerprint density at radius 3 is 2.00 bits per heavy atom. The van der Waals surface area contributed by atoms with Gasteiger partial charge in [0.2, 0.25) is 17.7 Å². The molecule has 2 heterocycles. The molecule has 0 saturated heterocycles. The largest absolute Gasteiger partial charge is 0.480 e. The fraction of sp³-hybridized carbons (Fsp3) is 0.789. The summed E-state index contributed by atoms with van der Waals surface area (Å²) in [5.41, 5.74) is 0. The first kappa shape index (κ1) is 24.8. The van der Waals surface area contributed by atoms with Crippen molar-refractivity contribution in [2.24, 2.45) is 25.9 Å². The Morgan fingerprint density at radius 1 is 0.867 bits per heavy atom. The highest BCUT2D eigenvalue weighted by Gasteiger charge is 2.31. The minimum Gasteiger partial charge on any atom is -0.480 e. The Balaban J connectivity index is 1.97. The van der Waals surface area contributed by atoms with Gasteiger partial charge in [-0.15, -0.1) is 0 Å². The molecule has 0 saturated carbocycles. The van der Waals surface area contributed by atoms with Gasteiger partial charge in [-0.1, -0.05) is 35.4 Å². The van der Waals surface area contributed by atoms with Crippen LogP contribution in [0.2, 0.25) is 0 Å². The van der Waals surface area contributed by atoms with E-state index in [1.807, 2.05) is 20.8 Å². The van der Waals surface area contributed by atoms with E-state index in [9.17, 15) is 4.53 Å². The highest BCUT2D eigenvalue weighted by atomic mass is 33.1. The molecule has 0 bridgehead atoms. The zero-order valence-electron chi connectivity index (χ0n) is 18.2. The molecule has 0 aliphatic carbocycles. The number of halogens is 1. The summed E-state index contributed by atoms with van der Waals surface area (Å²) in [4.78, 5) is 21.8. The smallest absolute Gasteiger partial charge is 0.256 e. The van der Waals surface area contributed by atoms with E-state index in [-0.39, 0.29) is 36.5 Å². The average Bonchev–Trinajstić information content (AvgIpc) is 2.73. The van der Waals surface area contributed by atoms with Gasteiger partial charge < -0.3 is 14.2 Å². The molecule has 8 nitrogen and oxygen atoms in total. The predicted molar refractivity (Wildman–Crippen MR) is 123 cm³/mol. The van der Waals surface area contributed by atoms with Crippen LogP contribution in [-0.2, 0) is 19.2 Å². The van der Waals surface area contributed by atoms with Gasteiger partial charge in [0.15, 0.2) is 0 Å². The van der Waals surface area contributed by atoms with E-state index < -0.39 is 0 Å². The number of hydrogen-bond donors (Lipinski definition) is 0. The van der Waals surface area contributed by atoms with Crippen molar-refractivity contribution >= 4 is 45.2 Å². The van der Waals surface area contributed by atoms with Crippen molar-refractivity contribution in [2.75, 3.05) is 37.9 Å². The topological polar surface area (TPSA) is 86.4 Å². The fourth-order valence-electron chi connectivity index (χ4n) is 2.85. The maximum atomic E-state index is 12.5. The highest BCUT2D eigenvalue weighted by Crippen LogP contribution is 2.28. The highest BCUT2D eigenvalue weighted by molar-refractivity contribution is 8.76. The SMILES string of the molecule is CCOC1=NCC(OF)=NC1CSSC[C@@H]1N=C(OCC)C(C(C)C)N=C1OCC. The van der Waals surface area contributed by atoms with Crippen molar-refractivity contribution in [2.45, 2.75) is 52.7 Å². The van der Waals surface area contributed by atoms with Gasteiger partial charge in [-0.2, -0.15) is 0 Å². The van der Waals surface area contributed by atoms with Gasteiger partial charge in [-0.25, -0.2) is 20.0 Å². The summed E-state index contributed by atoms with van der Waals surface area (Å²) in [6.45, 7) is 11.6. The van der Waals surface area contributed by atoms with E-state index in [4.69, 9.17) is 24.2 Å². The second-order valence-corrected chi connectivity index (χ2v) is 9.33. The van der Waals surface area contributed by atoms with Crippen LogP contribution in [0.3, 0.4) is 0 Å². The third-order valence-electron chi connectivity index (χ3n) is 4.17. The molecule has 0 amide bonds. The Hall–Kier alpha value is -1.49. The van der Waals surface area contributed by atoms with Crippen LogP contribution in [0.4, 0.5) is 4.53 Å². The Kier molecular flexibility index (Phi) is 10.8. The number of nitrogens with zero attached hydrogens (tertiary/aromatic N) is 4. The summed E-state index contributed by atoms with van der Waals surface area (Å²) in [5.74, 6) is 3.29. The van der Waals surface area contributed by atoms with Crippen LogP contribution >= 0.6 is 21.6 Å². The number of rotatable bonds is 9. The minimum atomic E-state index is -0.374. The first-order chi connectivity index (χ1) is 14.5. The first-order valence-electron chi connectivity index (χ1n) is 10.2. The molecule has 3 atom stereocenters. The van der Waals surface area contributed by atoms with Crippen molar-refractivity contribution in [3.63, 3.8) is 0 Å². The van der Waals surface area contributed by atoms with Crippen LogP contribution < -0.4 is 0 Å². The molecule has 0 fully saturated rings. The summed E-state index contributed by atoms with van der Waals surface area (Å²) in [7, 11) is 3.21. The van der Waals surface area contributed by atoms with Gasteiger partial charge in [-0.3, -0.25) is 4.94 Å². The van der Waals surface area contributed by atoms with Crippen LogP contribution in [-0.4, -0.2) is 79.6 Å². The first-order valence-corrected chi connectivity index (χ1v) is 12.7. The molecule has 0 spiro atoms. The molecule has 30 heavy (non-hydrogen) atoms. The van der Waals surface area contributed by atoms with Crippen molar-refractivity contribution in [1.82, 2.24) is 0 Å². The van der Waals surface area contributed by atoms with Crippen molar-refractivity contribution < 1.29 is 23.7 Å². The Labute approximate surface area is 185 Å². The fourth-order valence-corrected chi connectivity index (χ4v) is 5.08. The molecule has 0 aromatic carbocycles. The molecule has 170 valence electrons. The van der Waals surface area contributed by atoms with E-state index in [0.717, 1.165) is 0 Å². The Morgan fingerprint density at radius 2 is 1.43 bits per heavy atom. The van der Waals surface area contributed by atoms with Crippen LogP contribution in [0.1, 0.15) is 34.6 Å². The van der Waals surface area contributed by atoms with Crippen molar-refractivity contribution in [3.8, 4) is 0 Å². The number of hydrogen-bond acceptors (Lipinski definition) is 10. The van der Waals surface area contributed by atoms with Crippen LogP contribution in [0, 0.1) is 5.92 Å². The lowest BCUT2D eigenvalue weighted by atomic mass is 10.0. The molecule has 0 aromatic rings. The zero-order chi connectivity index (χ0) is 21.9. The average molecular weight is 463 g/mol. The van der Waals surface area contributed by atoms with Gasteiger partial charge in [0.25, 0.3) is 5.90 Å². The summed E-state index contributed by atoms with van der Waals surface area (Å²) < 4.78 is 29.5. The molecule has 2 aliphatic heterocycles. The lowest BCUT2D eigenvalue weighted by Gasteiger charge is -2.28. The second kappa shape index (κ2) is 13.0. The van der Waals surface area contributed by atoms with Gasteiger partial charge >= 0.3 is 0 Å². The van der Waals surface area contributed by atoms with Crippen LogP contribution in [0.25, 0.3) is 0 Å². The van der Waals surface area contributed by atoms with Gasteiger partial charge in [0.1, 0.15) is 24.7 Å². The van der Waals surface area contributed by atoms with Crippen LogP contribution in [0.5, 0.6) is 0 Å². The Bertz CT molecular complexity index is 673. The van der Waals surface area contributed by atoms with E-state index in [1.165, 1.54) is 0 Å². The molecule has 0 N–H and O–H groups in total. The lowest BCUT2D eigenvalue weighted by Crippen LogP contribution is -2.39. The van der Waals surface area contributed by atoms with Crippen molar-refractivity contribution in [3.05, 3.63) is 0 Å². The third-order valence-corrected chi connectivity index (χ3v) is 6.56. The maximum absolute atomic E-state index is 12.5. The summed E-state index contributed by atoms with van der Waals surface area (Å²) >= 11 is 0. The lowest BCUT2D eigenvalue weighted by molar-refractivity contribution is -0.0264. The maximum Gasteiger partial charge on any atom is 0.256 e. The molecule has 0 radical (unpaired) electrons. The van der Waals surface area contributed by atoms with E-state index in [0.29, 0.717) is 49.0 Å². The van der Waals surface area contributed by atoms with Gasteiger partial charge in [0.05, 0.1) is 19.8 Å². The molecule has 2 aliphatic rings. The monoisotopic (exact) mass is 462 g/mol. The number of ether oxygens (including phenoxy) is 3. The van der Waals surface area contributed by atoms with Crippen LogP contribution in [0.15, 0.2) is 20.0 Å². The third kappa shape index (κ3) is 7.04. The summed E-state index contributed by atoms with van der Waals surface area (Å²) in [5, 5.41) is 0. The van der Waals surface area contributed by atoms with Crippen molar-refractivity contribution in [1.29, 1.82) is 0 Å². The normalized spacial score (nSPS) is 23.9. The quantitative estimate of drug-likeness (QED) is 0.383. The standard InChI is InChI=1S/C19H31FN4O4S2/c1-6-25-17-13(22-15(28-20)9-21-17)10-29-30-11-14-18(26-7-2)24-16(12(4)5)19(23-14)27-8-3/h12-14,16H,6-11H2,1-5H3/t13?,14-,16?/m0/s1. The summed E-state index contributed by atoms with van der Waals surface area (Å²) in [6, 6.07) is -0.708. The second-order valence-electron chi connectivity index (χ2n) is 6.78. The molecule has 2 rings (SSSR count). The number of aliphatic imine (C=N–C) groups is 4. The van der Waals surface area contributed by atoms with Gasteiger partial charge in [-0.05, 0) is 26.7 Å². The molecular formula is C19H31FN4O4S2. The summed E-state index contributed by atoms with van der Waals surface area (Å²) in [6.07, 6.45) is 0. The molecule has 0 aromatic heterocycles. The van der Waals surface area contributed by atoms with Gasteiger partial charge in [0, 0.05) is 16.0 Å². The molecule has 11 heteroatoms. The van der Waals surface area contributed by atoms with E-state index in [2.05, 4.69) is 28.8 Å². The predicted octanol–water partition coefficient (Wildman–Crippen LogP) is 3.76. The molecule has 2 unspecified atom stereocenters. The minimum absolute atomic E-state index is 0.0298.